The van der Waals surface area contributed by atoms with Crippen LogP contribution >= 0.6 is 15.9 Å². The van der Waals surface area contributed by atoms with Gasteiger partial charge in [-0.15, -0.1) is 0 Å². The summed E-state index contributed by atoms with van der Waals surface area (Å²) in [5, 5.41) is 11.0. The fourth-order valence-electron chi connectivity index (χ4n) is 2.07. The van der Waals surface area contributed by atoms with Crippen molar-refractivity contribution in [2.45, 2.75) is 26.4 Å². The zero-order valence-corrected chi connectivity index (χ0v) is 13.0. The SMILES string of the molecule is CCN(CC(C)(C)O)c1ncnc2ccc(Br)cc12. The highest BCUT2D eigenvalue weighted by Crippen LogP contribution is 2.26. The van der Waals surface area contributed by atoms with Crippen LogP contribution in [0.5, 0.6) is 0 Å². The van der Waals surface area contributed by atoms with Crippen LogP contribution in [0.2, 0.25) is 0 Å². The second-order valence-corrected chi connectivity index (χ2v) is 6.10. The molecule has 102 valence electrons. The second kappa shape index (κ2) is 5.43. The van der Waals surface area contributed by atoms with Gasteiger partial charge in [0.2, 0.25) is 0 Å². The Morgan fingerprint density at radius 1 is 1.32 bits per heavy atom. The number of aromatic nitrogens is 2. The first-order valence-electron chi connectivity index (χ1n) is 6.28. The van der Waals surface area contributed by atoms with Crippen LogP contribution in [0.4, 0.5) is 5.82 Å². The molecule has 0 unspecified atom stereocenters. The van der Waals surface area contributed by atoms with Gasteiger partial charge in [-0.3, -0.25) is 0 Å². The minimum absolute atomic E-state index is 0.530. The Labute approximate surface area is 121 Å². The summed E-state index contributed by atoms with van der Waals surface area (Å²) in [4.78, 5) is 10.7. The van der Waals surface area contributed by atoms with Gasteiger partial charge in [0.15, 0.2) is 0 Å². The smallest absolute Gasteiger partial charge is 0.140 e. The van der Waals surface area contributed by atoms with Crippen molar-refractivity contribution in [2.75, 3.05) is 18.0 Å². The van der Waals surface area contributed by atoms with E-state index in [-0.39, 0.29) is 0 Å². The summed E-state index contributed by atoms with van der Waals surface area (Å²) >= 11 is 3.48. The molecule has 0 radical (unpaired) electrons. The monoisotopic (exact) mass is 323 g/mol. The molecule has 0 atom stereocenters. The Kier molecular flexibility index (Phi) is 4.06. The Morgan fingerprint density at radius 2 is 2.05 bits per heavy atom. The van der Waals surface area contributed by atoms with E-state index in [2.05, 4.69) is 37.7 Å². The maximum Gasteiger partial charge on any atom is 0.140 e. The van der Waals surface area contributed by atoms with Crippen LogP contribution in [-0.2, 0) is 0 Å². The molecule has 4 nitrogen and oxygen atoms in total. The van der Waals surface area contributed by atoms with Gasteiger partial charge in [0.25, 0.3) is 0 Å². The summed E-state index contributed by atoms with van der Waals surface area (Å²) in [6.45, 7) is 6.96. The number of anilines is 1. The van der Waals surface area contributed by atoms with Crippen molar-refractivity contribution in [3.8, 4) is 0 Å². The molecule has 1 N–H and O–H groups in total. The van der Waals surface area contributed by atoms with Gasteiger partial charge < -0.3 is 10.0 Å². The highest BCUT2D eigenvalue weighted by molar-refractivity contribution is 9.10. The van der Waals surface area contributed by atoms with Crippen LogP contribution in [-0.4, -0.2) is 33.8 Å². The average Bonchev–Trinajstić information content (AvgIpc) is 2.34. The zero-order valence-electron chi connectivity index (χ0n) is 11.4. The molecular weight excluding hydrogens is 306 g/mol. The third-order valence-electron chi connectivity index (χ3n) is 2.84. The minimum Gasteiger partial charge on any atom is -0.389 e. The first-order valence-corrected chi connectivity index (χ1v) is 7.07. The zero-order chi connectivity index (χ0) is 14.0. The third kappa shape index (κ3) is 3.42. The molecule has 1 aromatic heterocycles. The summed E-state index contributed by atoms with van der Waals surface area (Å²) in [6, 6.07) is 5.94. The molecule has 0 saturated carbocycles. The van der Waals surface area contributed by atoms with E-state index in [4.69, 9.17) is 0 Å². The van der Waals surface area contributed by atoms with Gasteiger partial charge in [0.05, 0.1) is 11.1 Å². The maximum absolute atomic E-state index is 10.0. The summed E-state index contributed by atoms with van der Waals surface area (Å²) < 4.78 is 0.996. The lowest BCUT2D eigenvalue weighted by Crippen LogP contribution is -2.39. The number of hydrogen-bond acceptors (Lipinski definition) is 4. The van der Waals surface area contributed by atoms with Crippen LogP contribution in [0.25, 0.3) is 10.9 Å². The summed E-state index contributed by atoms with van der Waals surface area (Å²) in [5.74, 6) is 0.857. The maximum atomic E-state index is 10.0. The minimum atomic E-state index is -0.765. The largest absolute Gasteiger partial charge is 0.389 e. The number of likely N-dealkylation sites (N-methyl/N-ethyl adjacent to an activating group) is 1. The number of nitrogens with zero attached hydrogens (tertiary/aromatic N) is 3. The third-order valence-corrected chi connectivity index (χ3v) is 3.33. The molecule has 19 heavy (non-hydrogen) atoms. The normalized spacial score (nSPS) is 11.8. The first-order chi connectivity index (χ1) is 8.90. The fraction of sp³-hybridized carbons (Fsp3) is 0.429. The molecule has 1 heterocycles. The molecule has 0 amide bonds. The molecule has 0 saturated heterocycles. The Morgan fingerprint density at radius 3 is 2.68 bits per heavy atom. The Bertz CT molecular complexity index is 580. The second-order valence-electron chi connectivity index (χ2n) is 5.19. The lowest BCUT2D eigenvalue weighted by molar-refractivity contribution is 0.0875. The Balaban J connectivity index is 2.50. The van der Waals surface area contributed by atoms with E-state index in [1.54, 1.807) is 20.2 Å². The van der Waals surface area contributed by atoms with Crippen LogP contribution in [0.15, 0.2) is 29.0 Å². The molecule has 0 aliphatic heterocycles. The van der Waals surface area contributed by atoms with Crippen LogP contribution < -0.4 is 4.90 Å². The van der Waals surface area contributed by atoms with Gasteiger partial charge in [-0.2, -0.15) is 0 Å². The van der Waals surface area contributed by atoms with E-state index in [0.29, 0.717) is 6.54 Å². The highest BCUT2D eigenvalue weighted by Gasteiger charge is 2.20. The molecule has 2 rings (SSSR count). The number of aliphatic hydroxyl groups is 1. The standard InChI is InChI=1S/C14H18BrN3O/c1-4-18(8-14(2,3)19)13-11-7-10(15)5-6-12(11)16-9-17-13/h5-7,9,19H,4,8H2,1-3H3. The first kappa shape index (κ1) is 14.2. The average molecular weight is 324 g/mol. The van der Waals surface area contributed by atoms with E-state index in [1.807, 2.05) is 18.2 Å². The van der Waals surface area contributed by atoms with Crippen molar-refractivity contribution < 1.29 is 5.11 Å². The van der Waals surface area contributed by atoms with Crippen molar-refractivity contribution >= 4 is 32.7 Å². The van der Waals surface area contributed by atoms with Crippen LogP contribution in [0.1, 0.15) is 20.8 Å². The summed E-state index contributed by atoms with van der Waals surface area (Å²) in [7, 11) is 0. The van der Waals surface area contributed by atoms with Gasteiger partial charge >= 0.3 is 0 Å². The number of halogens is 1. The van der Waals surface area contributed by atoms with Crippen molar-refractivity contribution in [3.63, 3.8) is 0 Å². The van der Waals surface area contributed by atoms with E-state index < -0.39 is 5.60 Å². The van der Waals surface area contributed by atoms with E-state index in [0.717, 1.165) is 27.7 Å². The van der Waals surface area contributed by atoms with Crippen molar-refractivity contribution in [2.24, 2.45) is 0 Å². The van der Waals surface area contributed by atoms with Crippen molar-refractivity contribution in [3.05, 3.63) is 29.0 Å². The van der Waals surface area contributed by atoms with E-state index >= 15 is 0 Å². The van der Waals surface area contributed by atoms with E-state index in [1.165, 1.54) is 0 Å². The number of fused-ring (bicyclic) bond motifs is 1. The van der Waals surface area contributed by atoms with Gasteiger partial charge in [0.1, 0.15) is 12.1 Å². The van der Waals surface area contributed by atoms with Gasteiger partial charge in [-0.1, -0.05) is 15.9 Å². The van der Waals surface area contributed by atoms with Gasteiger partial charge in [-0.05, 0) is 39.0 Å². The molecule has 0 aliphatic carbocycles. The molecule has 1 aromatic carbocycles. The number of hydrogen-bond donors (Lipinski definition) is 1. The molecule has 0 spiro atoms. The highest BCUT2D eigenvalue weighted by atomic mass is 79.9. The quantitative estimate of drug-likeness (QED) is 0.939. The molecule has 0 fully saturated rings. The van der Waals surface area contributed by atoms with Gasteiger partial charge in [-0.25, -0.2) is 9.97 Å². The molecule has 2 aromatic rings. The van der Waals surface area contributed by atoms with Crippen LogP contribution in [0.3, 0.4) is 0 Å². The predicted molar refractivity (Wildman–Crippen MR) is 81.4 cm³/mol. The summed E-state index contributed by atoms with van der Waals surface area (Å²) in [6.07, 6.45) is 1.57. The lowest BCUT2D eigenvalue weighted by atomic mass is 10.1. The Hall–Kier alpha value is -1.20. The van der Waals surface area contributed by atoms with Crippen LogP contribution in [0, 0.1) is 0 Å². The molecule has 0 aliphatic rings. The van der Waals surface area contributed by atoms with Crippen molar-refractivity contribution in [1.29, 1.82) is 0 Å². The van der Waals surface area contributed by atoms with E-state index in [9.17, 15) is 5.11 Å². The van der Waals surface area contributed by atoms with Gasteiger partial charge in [0, 0.05) is 22.9 Å². The fourth-order valence-corrected chi connectivity index (χ4v) is 2.43. The molecule has 0 bridgehead atoms. The molecular formula is C14H18BrN3O. The topological polar surface area (TPSA) is 49.2 Å². The number of rotatable bonds is 4. The number of benzene rings is 1. The van der Waals surface area contributed by atoms with Crippen molar-refractivity contribution in [1.82, 2.24) is 9.97 Å². The summed E-state index contributed by atoms with van der Waals surface area (Å²) in [5.41, 5.74) is 0.140. The lowest BCUT2D eigenvalue weighted by Gasteiger charge is -2.29. The molecule has 5 heteroatoms. The predicted octanol–water partition coefficient (Wildman–Crippen LogP) is 2.99.